The fourth-order valence-corrected chi connectivity index (χ4v) is 1.78. The molecule has 0 aliphatic rings. The highest BCUT2D eigenvalue weighted by Crippen LogP contribution is 2.33. The summed E-state index contributed by atoms with van der Waals surface area (Å²) in [4.78, 5) is 11.8. The summed E-state index contributed by atoms with van der Waals surface area (Å²) in [6.07, 6.45) is 1.43. The maximum Gasteiger partial charge on any atom is 0.336 e. The topological polar surface area (TPSA) is 55.8 Å². The highest BCUT2D eigenvalue weighted by molar-refractivity contribution is 5.85. The SMILES string of the molecule is CO[C@@](C)(CO)c1ccc(C)cc1OC(=O)C=C(C)C. The Kier molecular flexibility index (Phi) is 5.48. The second kappa shape index (κ2) is 6.68. The van der Waals surface area contributed by atoms with Crippen LogP contribution in [-0.2, 0) is 15.1 Å². The lowest BCUT2D eigenvalue weighted by Gasteiger charge is -2.28. The van der Waals surface area contributed by atoms with Gasteiger partial charge in [-0.25, -0.2) is 4.79 Å². The van der Waals surface area contributed by atoms with Crippen molar-refractivity contribution < 1.29 is 19.4 Å². The van der Waals surface area contributed by atoms with Gasteiger partial charge in [0, 0.05) is 18.7 Å². The van der Waals surface area contributed by atoms with E-state index in [-0.39, 0.29) is 6.61 Å². The summed E-state index contributed by atoms with van der Waals surface area (Å²) in [7, 11) is 1.51. The third kappa shape index (κ3) is 3.92. The lowest BCUT2D eigenvalue weighted by Crippen LogP contribution is -2.30. The largest absolute Gasteiger partial charge is 0.423 e. The quantitative estimate of drug-likeness (QED) is 0.511. The zero-order valence-electron chi connectivity index (χ0n) is 12.7. The molecule has 0 bridgehead atoms. The third-order valence-electron chi connectivity index (χ3n) is 3.08. The van der Waals surface area contributed by atoms with Crippen LogP contribution in [0.4, 0.5) is 0 Å². The predicted molar refractivity (Wildman–Crippen MR) is 77.7 cm³/mol. The van der Waals surface area contributed by atoms with Gasteiger partial charge in [0.05, 0.1) is 6.61 Å². The summed E-state index contributed by atoms with van der Waals surface area (Å²) >= 11 is 0. The van der Waals surface area contributed by atoms with Crippen molar-refractivity contribution in [3.63, 3.8) is 0 Å². The Morgan fingerprint density at radius 2 is 2.05 bits per heavy atom. The van der Waals surface area contributed by atoms with E-state index in [1.54, 1.807) is 19.1 Å². The molecule has 1 atom stereocenters. The Labute approximate surface area is 120 Å². The van der Waals surface area contributed by atoms with Crippen LogP contribution in [0.25, 0.3) is 0 Å². The number of carbonyl (C=O) groups is 1. The number of benzene rings is 1. The lowest BCUT2D eigenvalue weighted by molar-refractivity contribution is -0.129. The van der Waals surface area contributed by atoms with Gasteiger partial charge >= 0.3 is 5.97 Å². The van der Waals surface area contributed by atoms with Gasteiger partial charge in [-0.3, -0.25) is 0 Å². The third-order valence-corrected chi connectivity index (χ3v) is 3.08. The maximum atomic E-state index is 11.8. The predicted octanol–water partition coefficient (Wildman–Crippen LogP) is 2.72. The van der Waals surface area contributed by atoms with E-state index in [0.29, 0.717) is 11.3 Å². The number of aryl methyl sites for hydroxylation is 1. The van der Waals surface area contributed by atoms with Crippen molar-refractivity contribution in [2.75, 3.05) is 13.7 Å². The Hall–Kier alpha value is -1.65. The first kappa shape index (κ1) is 16.4. The van der Waals surface area contributed by atoms with Crippen LogP contribution in [0.5, 0.6) is 5.75 Å². The number of esters is 1. The summed E-state index contributed by atoms with van der Waals surface area (Å²) in [5, 5.41) is 9.53. The summed E-state index contributed by atoms with van der Waals surface area (Å²) in [5.41, 5.74) is 1.56. The Balaban J connectivity index is 3.21. The molecule has 0 radical (unpaired) electrons. The highest BCUT2D eigenvalue weighted by Gasteiger charge is 2.29. The first-order chi connectivity index (χ1) is 9.32. The van der Waals surface area contributed by atoms with E-state index in [0.717, 1.165) is 11.1 Å². The minimum atomic E-state index is -0.908. The molecule has 0 spiro atoms. The molecule has 0 aliphatic heterocycles. The first-order valence-corrected chi connectivity index (χ1v) is 6.46. The van der Waals surface area contributed by atoms with Crippen LogP contribution in [0.15, 0.2) is 29.8 Å². The molecule has 0 saturated carbocycles. The van der Waals surface area contributed by atoms with Crippen molar-refractivity contribution in [2.45, 2.75) is 33.3 Å². The average molecular weight is 278 g/mol. The van der Waals surface area contributed by atoms with Gasteiger partial charge < -0.3 is 14.6 Å². The van der Waals surface area contributed by atoms with E-state index >= 15 is 0 Å². The fourth-order valence-electron chi connectivity index (χ4n) is 1.78. The standard InChI is InChI=1S/C16H22O4/c1-11(2)8-15(18)20-14-9-12(3)6-7-13(14)16(4,10-17)19-5/h6-9,17H,10H2,1-5H3/t16-/m0/s1. The number of rotatable bonds is 5. The van der Waals surface area contributed by atoms with Gasteiger partial charge in [0.15, 0.2) is 0 Å². The molecule has 20 heavy (non-hydrogen) atoms. The van der Waals surface area contributed by atoms with Crippen LogP contribution in [0.1, 0.15) is 31.9 Å². The lowest BCUT2D eigenvalue weighted by atomic mass is 9.94. The molecule has 0 unspecified atom stereocenters. The van der Waals surface area contributed by atoms with Crippen molar-refractivity contribution in [3.05, 3.63) is 41.0 Å². The number of allylic oxidation sites excluding steroid dienone is 1. The zero-order chi connectivity index (χ0) is 15.3. The van der Waals surface area contributed by atoms with Gasteiger partial charge in [-0.2, -0.15) is 0 Å². The van der Waals surface area contributed by atoms with Gasteiger partial charge in [-0.05, 0) is 39.3 Å². The van der Waals surface area contributed by atoms with Gasteiger partial charge in [0.1, 0.15) is 11.4 Å². The van der Waals surface area contributed by atoms with Gasteiger partial charge in [0.2, 0.25) is 0 Å². The fraction of sp³-hybridized carbons (Fsp3) is 0.438. The van der Waals surface area contributed by atoms with Crippen molar-refractivity contribution in [2.24, 2.45) is 0 Å². The summed E-state index contributed by atoms with van der Waals surface area (Å²) < 4.78 is 10.7. The van der Waals surface area contributed by atoms with E-state index in [1.807, 2.05) is 26.8 Å². The molecule has 110 valence electrons. The van der Waals surface area contributed by atoms with Gasteiger partial charge in [0.25, 0.3) is 0 Å². The molecular formula is C16H22O4. The van der Waals surface area contributed by atoms with Crippen LogP contribution >= 0.6 is 0 Å². The number of carbonyl (C=O) groups excluding carboxylic acids is 1. The van der Waals surface area contributed by atoms with E-state index in [4.69, 9.17) is 9.47 Å². The van der Waals surface area contributed by atoms with Crippen molar-refractivity contribution in [1.82, 2.24) is 0 Å². The molecule has 0 aromatic heterocycles. The highest BCUT2D eigenvalue weighted by atomic mass is 16.5. The van der Waals surface area contributed by atoms with Crippen LogP contribution < -0.4 is 4.74 Å². The van der Waals surface area contributed by atoms with E-state index in [9.17, 15) is 9.90 Å². The molecule has 1 aromatic rings. The van der Waals surface area contributed by atoms with E-state index in [1.165, 1.54) is 13.2 Å². The normalized spacial score (nSPS) is 13.5. The molecule has 0 amide bonds. The van der Waals surface area contributed by atoms with Crippen molar-refractivity contribution in [1.29, 1.82) is 0 Å². The smallest absolute Gasteiger partial charge is 0.336 e. The maximum absolute atomic E-state index is 11.8. The number of hydrogen-bond donors (Lipinski definition) is 1. The average Bonchev–Trinajstić information content (AvgIpc) is 2.37. The van der Waals surface area contributed by atoms with Gasteiger partial charge in [-0.1, -0.05) is 17.7 Å². The molecular weight excluding hydrogens is 256 g/mol. The molecule has 1 N–H and O–H groups in total. The molecule has 4 heteroatoms. The molecule has 1 rings (SSSR count). The molecule has 1 aromatic carbocycles. The van der Waals surface area contributed by atoms with Gasteiger partial charge in [-0.15, -0.1) is 0 Å². The zero-order valence-corrected chi connectivity index (χ0v) is 12.7. The number of ether oxygens (including phenoxy) is 2. The van der Waals surface area contributed by atoms with E-state index < -0.39 is 11.6 Å². The molecule has 0 heterocycles. The second-order valence-corrected chi connectivity index (χ2v) is 5.24. The molecule has 0 fully saturated rings. The van der Waals surface area contributed by atoms with Crippen LogP contribution in [0, 0.1) is 6.92 Å². The second-order valence-electron chi connectivity index (χ2n) is 5.24. The Morgan fingerprint density at radius 3 is 2.55 bits per heavy atom. The Morgan fingerprint density at radius 1 is 1.40 bits per heavy atom. The Bertz CT molecular complexity index is 509. The molecule has 0 aliphatic carbocycles. The van der Waals surface area contributed by atoms with Crippen molar-refractivity contribution >= 4 is 5.97 Å². The van der Waals surface area contributed by atoms with E-state index in [2.05, 4.69) is 0 Å². The van der Waals surface area contributed by atoms with Crippen LogP contribution in [0.2, 0.25) is 0 Å². The summed E-state index contributed by atoms with van der Waals surface area (Å²) in [6.45, 7) is 7.09. The van der Waals surface area contributed by atoms with Crippen LogP contribution in [0.3, 0.4) is 0 Å². The number of aliphatic hydroxyl groups excluding tert-OH is 1. The minimum Gasteiger partial charge on any atom is -0.423 e. The molecule has 4 nitrogen and oxygen atoms in total. The minimum absolute atomic E-state index is 0.209. The number of aliphatic hydroxyl groups is 1. The number of methoxy groups -OCH3 is 1. The summed E-state index contributed by atoms with van der Waals surface area (Å²) in [6, 6.07) is 5.46. The van der Waals surface area contributed by atoms with Crippen LogP contribution in [-0.4, -0.2) is 24.8 Å². The summed E-state index contributed by atoms with van der Waals surface area (Å²) in [5.74, 6) is -0.0286. The van der Waals surface area contributed by atoms with Crippen molar-refractivity contribution in [3.8, 4) is 5.75 Å². The molecule has 0 saturated heterocycles. The monoisotopic (exact) mass is 278 g/mol. The number of hydrogen-bond acceptors (Lipinski definition) is 4. The first-order valence-electron chi connectivity index (χ1n) is 6.46.